The normalized spacial score (nSPS) is 11.6. The Kier molecular flexibility index (Phi) is 17.4. The van der Waals surface area contributed by atoms with Crippen molar-refractivity contribution in [3.8, 4) is 90.2 Å². The minimum Gasteiger partial charge on any atom is -0.307 e. The fourth-order valence-electron chi connectivity index (χ4n) is 18.8. The van der Waals surface area contributed by atoms with Gasteiger partial charge in [0.25, 0.3) is 0 Å². The van der Waals surface area contributed by atoms with Crippen molar-refractivity contribution in [2.45, 2.75) is 0 Å². The Morgan fingerprint density at radius 2 is 0.434 bits per heavy atom. The Morgan fingerprint density at radius 1 is 0.156 bits per heavy atom. The molecule has 25 rings (SSSR count). The summed E-state index contributed by atoms with van der Waals surface area (Å²) in [4.78, 5) is 10.4. The van der Waals surface area contributed by atoms with E-state index in [2.05, 4.69) is 476 Å². The maximum atomic E-state index is 5.25. The monoisotopic (exact) mass is 1560 g/mol. The highest BCUT2D eigenvalue weighted by atomic mass is 15.2. The standard InChI is InChI=1S/C42H28N2.C38H26N2.C34H22N4/c1-2-13-29(14-3-1)31-17-10-19-33(27-31)43-39-25-8-6-22-37(39)42-41(43)38-23-7-9-26-40(38)44(42)34-20-11-18-32(28-34)36-24-12-16-30-15-4-5-21-35(30)36;1-4-14-27(15-5-1)29-24-30(28-16-6-2-7-17-28)26-32(25-29)40-36-23-13-11-21-34(36)37-38(40)33-20-10-12-22-35(33)39(37)31-18-8-3-9-19-31;1-3-13-23(14-4-1)31-25-17-7-10-20-28(25)35-34(36-31)38-30-22-12-9-19-27(30)32-33(38)26-18-8-11-21-29(26)37(32)24-15-5-2-6-16-24/h1-28H;1-26H;1-22H. The molecular formula is C114H76N8. The van der Waals surface area contributed by atoms with E-state index in [1.54, 1.807) is 0 Å². The van der Waals surface area contributed by atoms with Crippen LogP contribution < -0.4 is 0 Å². The van der Waals surface area contributed by atoms with Gasteiger partial charge in [0, 0.05) is 71.7 Å². The highest BCUT2D eigenvalue weighted by Gasteiger charge is 2.28. The van der Waals surface area contributed by atoms with Gasteiger partial charge in [-0.1, -0.05) is 352 Å². The summed E-state index contributed by atoms with van der Waals surface area (Å²) in [6, 6.07) is 164. The van der Waals surface area contributed by atoms with Crippen molar-refractivity contribution in [3.05, 3.63) is 461 Å². The van der Waals surface area contributed by atoms with Gasteiger partial charge in [-0.25, -0.2) is 9.97 Å². The number of nitrogens with zero attached hydrogens (tertiary/aromatic N) is 8. The summed E-state index contributed by atoms with van der Waals surface area (Å²) in [5, 5.41) is 10.9. The van der Waals surface area contributed by atoms with Gasteiger partial charge in [0.15, 0.2) is 0 Å². The van der Waals surface area contributed by atoms with Crippen LogP contribution in [0.5, 0.6) is 0 Å². The molecule has 8 heteroatoms. The molecule has 0 fully saturated rings. The highest BCUT2D eigenvalue weighted by Crippen LogP contribution is 2.47. The third-order valence-electron chi connectivity index (χ3n) is 24.1. The molecule has 0 amide bonds. The molecule has 0 bridgehead atoms. The Balaban J connectivity index is 0.000000107. The summed E-state index contributed by atoms with van der Waals surface area (Å²) in [5.41, 5.74) is 32.6. The van der Waals surface area contributed by atoms with Gasteiger partial charge < -0.3 is 22.8 Å². The molecule has 25 aromatic rings. The van der Waals surface area contributed by atoms with Gasteiger partial charge in [0.2, 0.25) is 5.95 Å². The van der Waals surface area contributed by atoms with Gasteiger partial charge in [-0.15, -0.1) is 0 Å². The van der Waals surface area contributed by atoms with Crippen LogP contribution in [0.1, 0.15) is 0 Å². The second kappa shape index (κ2) is 29.9. The lowest BCUT2D eigenvalue weighted by molar-refractivity contribution is 1.02. The van der Waals surface area contributed by atoms with Gasteiger partial charge >= 0.3 is 0 Å². The summed E-state index contributed by atoms with van der Waals surface area (Å²) in [6.45, 7) is 0. The molecule has 0 radical (unpaired) electrons. The lowest BCUT2D eigenvalue weighted by atomic mass is 9.98. The number of rotatable bonds is 11. The Hall–Kier alpha value is -16.4. The van der Waals surface area contributed by atoms with Gasteiger partial charge in [0.1, 0.15) is 0 Å². The van der Waals surface area contributed by atoms with E-state index in [9.17, 15) is 0 Å². The van der Waals surface area contributed by atoms with E-state index in [0.717, 1.165) is 67.0 Å². The first-order valence-electron chi connectivity index (χ1n) is 41.6. The first-order valence-corrected chi connectivity index (χ1v) is 41.6. The fourth-order valence-corrected chi connectivity index (χ4v) is 18.8. The zero-order chi connectivity index (χ0) is 80.6. The van der Waals surface area contributed by atoms with Crippen molar-refractivity contribution in [3.63, 3.8) is 0 Å². The molecule has 0 atom stereocenters. The maximum absolute atomic E-state index is 5.25. The molecule has 0 unspecified atom stereocenters. The van der Waals surface area contributed by atoms with Crippen molar-refractivity contribution >= 4 is 120 Å². The number of hydrogen-bond donors (Lipinski definition) is 0. The van der Waals surface area contributed by atoms with Crippen LogP contribution in [0.2, 0.25) is 0 Å². The maximum Gasteiger partial charge on any atom is 0.235 e. The molecule has 0 N–H and O–H groups in total. The number of benzene rings is 18. The largest absolute Gasteiger partial charge is 0.307 e. The molecule has 7 aromatic heterocycles. The van der Waals surface area contributed by atoms with E-state index in [1.807, 2.05) is 12.1 Å². The van der Waals surface area contributed by atoms with Crippen LogP contribution in [0.3, 0.4) is 0 Å². The zero-order valence-electron chi connectivity index (χ0n) is 66.5. The molecule has 0 aliphatic rings. The number of hydrogen-bond acceptors (Lipinski definition) is 2. The number of aromatic nitrogens is 8. The molecule has 7 heterocycles. The van der Waals surface area contributed by atoms with Crippen molar-refractivity contribution in [2.24, 2.45) is 0 Å². The van der Waals surface area contributed by atoms with Gasteiger partial charge in [0.05, 0.1) is 77.4 Å². The average molecular weight is 1560 g/mol. The van der Waals surface area contributed by atoms with E-state index in [1.165, 1.54) is 137 Å². The molecule has 572 valence electrons. The molecule has 122 heavy (non-hydrogen) atoms. The second-order valence-electron chi connectivity index (χ2n) is 31.1. The van der Waals surface area contributed by atoms with Crippen molar-refractivity contribution in [1.82, 2.24) is 37.4 Å². The first kappa shape index (κ1) is 70.9. The van der Waals surface area contributed by atoms with E-state index in [-0.39, 0.29) is 0 Å². The molecule has 0 saturated heterocycles. The summed E-state index contributed by atoms with van der Waals surface area (Å²) >= 11 is 0. The third-order valence-corrected chi connectivity index (χ3v) is 24.1. The Bertz CT molecular complexity index is 8220. The molecule has 0 spiro atoms. The molecule has 0 aliphatic heterocycles. The van der Waals surface area contributed by atoms with Gasteiger partial charge in [-0.05, 0) is 164 Å². The molecule has 0 saturated carbocycles. The van der Waals surface area contributed by atoms with E-state index in [0.29, 0.717) is 5.95 Å². The van der Waals surface area contributed by atoms with E-state index >= 15 is 0 Å². The number of para-hydroxylation sites is 9. The zero-order valence-corrected chi connectivity index (χ0v) is 66.5. The van der Waals surface area contributed by atoms with Crippen LogP contribution >= 0.6 is 0 Å². The third kappa shape index (κ3) is 12.0. The predicted octanol–water partition coefficient (Wildman–Crippen LogP) is 29.6. The van der Waals surface area contributed by atoms with Crippen molar-refractivity contribution in [1.29, 1.82) is 0 Å². The SMILES string of the molecule is c1ccc(-c2cc(-c3ccccc3)cc(-n3c4ccccc4c4c3c3ccccc3n4-c3ccccc3)c2)cc1.c1ccc(-c2cccc(-n3c4ccccc4c4c3c3ccccc3n4-c3cccc(-c4cccc5ccccc45)c3)c2)cc1.c1ccc(-c2nc(-n3c4ccccc4c4c3c3ccccc3n4-c3ccccc3)nc3ccccc23)cc1. The van der Waals surface area contributed by atoms with E-state index < -0.39 is 0 Å². The summed E-state index contributed by atoms with van der Waals surface area (Å²) < 4.78 is 14.4. The molecule has 18 aromatic carbocycles. The van der Waals surface area contributed by atoms with Crippen molar-refractivity contribution in [2.75, 3.05) is 0 Å². The molecular weight excluding hydrogens is 1480 g/mol. The van der Waals surface area contributed by atoms with Crippen LogP contribution in [0.15, 0.2) is 461 Å². The fraction of sp³-hybridized carbons (Fsp3) is 0. The quantitative estimate of drug-likeness (QED) is 0.130. The first-order chi connectivity index (χ1) is 60.6. The van der Waals surface area contributed by atoms with Gasteiger partial charge in [-0.3, -0.25) is 4.57 Å². The number of fused-ring (bicyclic) bond motifs is 17. The lowest BCUT2D eigenvalue weighted by Crippen LogP contribution is -2.03. The summed E-state index contributed by atoms with van der Waals surface area (Å²) in [6.07, 6.45) is 0. The summed E-state index contributed by atoms with van der Waals surface area (Å²) in [7, 11) is 0. The van der Waals surface area contributed by atoms with Crippen LogP contribution in [-0.2, 0) is 0 Å². The second-order valence-corrected chi connectivity index (χ2v) is 31.1. The minimum atomic E-state index is 0.671. The topological polar surface area (TPSA) is 55.4 Å². The van der Waals surface area contributed by atoms with Gasteiger partial charge in [-0.2, -0.15) is 0 Å². The lowest BCUT2D eigenvalue weighted by Gasteiger charge is -2.14. The molecule has 8 nitrogen and oxygen atoms in total. The predicted molar refractivity (Wildman–Crippen MR) is 511 cm³/mol. The average Bonchev–Trinajstić information content (AvgIpc) is 1.55. The van der Waals surface area contributed by atoms with Crippen LogP contribution in [-0.4, -0.2) is 37.4 Å². The van der Waals surface area contributed by atoms with Crippen LogP contribution in [0.25, 0.3) is 210 Å². The van der Waals surface area contributed by atoms with E-state index in [4.69, 9.17) is 9.97 Å². The van der Waals surface area contributed by atoms with Crippen LogP contribution in [0.4, 0.5) is 0 Å². The summed E-state index contributed by atoms with van der Waals surface area (Å²) in [5.74, 6) is 0.671. The van der Waals surface area contributed by atoms with Crippen LogP contribution in [0, 0.1) is 0 Å². The smallest absolute Gasteiger partial charge is 0.235 e. The Morgan fingerprint density at radius 3 is 0.877 bits per heavy atom. The molecule has 0 aliphatic carbocycles. The van der Waals surface area contributed by atoms with Crippen molar-refractivity contribution < 1.29 is 0 Å². The highest BCUT2D eigenvalue weighted by molar-refractivity contribution is 6.23. The minimum absolute atomic E-state index is 0.671. The Labute approximate surface area is 704 Å².